The van der Waals surface area contributed by atoms with E-state index >= 15 is 0 Å². The van der Waals surface area contributed by atoms with Crippen molar-refractivity contribution in [3.05, 3.63) is 41.3 Å². The molecule has 0 aliphatic carbocycles. The zero-order chi connectivity index (χ0) is 15.6. The van der Waals surface area contributed by atoms with Gasteiger partial charge in [0.25, 0.3) is 0 Å². The number of rotatable bonds is 3. The first-order chi connectivity index (χ1) is 9.78. The molecule has 0 amide bonds. The summed E-state index contributed by atoms with van der Waals surface area (Å²) in [6.07, 6.45) is -3.83. The van der Waals surface area contributed by atoms with Crippen molar-refractivity contribution in [3.63, 3.8) is 0 Å². The van der Waals surface area contributed by atoms with Gasteiger partial charge in [0.15, 0.2) is 5.75 Å². The summed E-state index contributed by atoms with van der Waals surface area (Å²) < 4.78 is 41.1. The minimum Gasteiger partial charge on any atom is -0.475 e. The van der Waals surface area contributed by atoms with Gasteiger partial charge in [-0.3, -0.25) is 0 Å². The number of hydrogen-bond acceptors (Lipinski definition) is 4. The number of aromatic nitrogens is 2. The zero-order valence-corrected chi connectivity index (χ0v) is 10.8. The molecule has 1 heterocycles. The number of nitrogens with zero attached hydrogens (tertiary/aromatic N) is 2. The van der Waals surface area contributed by atoms with Gasteiger partial charge >= 0.3 is 12.3 Å². The number of alkyl halides is 3. The van der Waals surface area contributed by atoms with Gasteiger partial charge < -0.3 is 9.84 Å². The molecule has 0 radical (unpaired) electrons. The number of para-hydroxylation sites is 1. The van der Waals surface area contributed by atoms with Gasteiger partial charge in [0.1, 0.15) is 0 Å². The molecule has 1 aromatic carbocycles. The van der Waals surface area contributed by atoms with Gasteiger partial charge in [0.2, 0.25) is 5.82 Å². The Morgan fingerprint density at radius 2 is 2.00 bits per heavy atom. The molecule has 9 heteroatoms. The van der Waals surface area contributed by atoms with E-state index in [2.05, 4.69) is 14.7 Å². The fourth-order valence-electron chi connectivity index (χ4n) is 1.54. The summed E-state index contributed by atoms with van der Waals surface area (Å²) in [5.41, 5.74) is -0.145. The molecule has 5 nitrogen and oxygen atoms in total. The summed E-state index contributed by atoms with van der Waals surface area (Å²) in [6, 6.07) is 5.14. The first kappa shape index (κ1) is 15.0. The predicted octanol–water partition coefficient (Wildman–Crippen LogP) is 3.39. The van der Waals surface area contributed by atoms with E-state index in [-0.39, 0.29) is 16.3 Å². The van der Waals surface area contributed by atoms with Crippen molar-refractivity contribution in [2.24, 2.45) is 0 Å². The monoisotopic (exact) mass is 318 g/mol. The van der Waals surface area contributed by atoms with Crippen LogP contribution in [-0.4, -0.2) is 27.4 Å². The SMILES string of the molecule is O=C(O)c1nccc(-c2cccc(Cl)c2OC(F)(F)F)n1. The van der Waals surface area contributed by atoms with Crippen LogP contribution in [0.5, 0.6) is 5.75 Å². The highest BCUT2D eigenvalue weighted by Crippen LogP contribution is 2.38. The van der Waals surface area contributed by atoms with Crippen LogP contribution in [0.15, 0.2) is 30.5 Å². The molecule has 0 unspecified atom stereocenters. The standard InChI is InChI=1S/C12H6ClF3N2O3/c13-7-3-1-2-6(9(7)21-12(14,15)16)8-4-5-17-10(18-8)11(19)20/h1-5H,(H,19,20). The molecule has 0 atom stereocenters. The highest BCUT2D eigenvalue weighted by Gasteiger charge is 2.33. The van der Waals surface area contributed by atoms with Crippen LogP contribution >= 0.6 is 11.6 Å². The second-order valence-electron chi connectivity index (χ2n) is 3.73. The van der Waals surface area contributed by atoms with E-state index in [1.54, 1.807) is 0 Å². The van der Waals surface area contributed by atoms with Gasteiger partial charge in [-0.15, -0.1) is 13.2 Å². The van der Waals surface area contributed by atoms with Crippen LogP contribution in [0, 0.1) is 0 Å². The molecular weight excluding hydrogens is 313 g/mol. The molecule has 0 fully saturated rings. The fourth-order valence-corrected chi connectivity index (χ4v) is 1.75. The first-order valence-electron chi connectivity index (χ1n) is 5.39. The van der Waals surface area contributed by atoms with E-state index in [9.17, 15) is 18.0 Å². The van der Waals surface area contributed by atoms with E-state index in [0.29, 0.717) is 0 Å². The maximum Gasteiger partial charge on any atom is 0.573 e. The molecule has 0 saturated heterocycles. The van der Waals surface area contributed by atoms with Crippen LogP contribution in [0.1, 0.15) is 10.6 Å². The molecule has 0 spiro atoms. The van der Waals surface area contributed by atoms with Crippen molar-refractivity contribution >= 4 is 17.6 Å². The Balaban J connectivity index is 2.56. The maximum atomic E-state index is 12.4. The van der Waals surface area contributed by atoms with E-state index < -0.39 is 23.9 Å². The molecule has 2 aromatic rings. The van der Waals surface area contributed by atoms with Gasteiger partial charge in [0.05, 0.1) is 10.7 Å². The summed E-state index contributed by atoms with van der Waals surface area (Å²) in [6.45, 7) is 0. The Hall–Kier alpha value is -2.35. The second kappa shape index (κ2) is 5.57. The number of aromatic carboxylic acids is 1. The van der Waals surface area contributed by atoms with Crippen molar-refractivity contribution in [2.75, 3.05) is 0 Å². The summed E-state index contributed by atoms with van der Waals surface area (Å²) in [4.78, 5) is 17.9. The molecule has 1 aromatic heterocycles. The van der Waals surface area contributed by atoms with Crippen LogP contribution < -0.4 is 4.74 Å². The predicted molar refractivity (Wildman–Crippen MR) is 66.1 cm³/mol. The maximum absolute atomic E-state index is 12.4. The highest BCUT2D eigenvalue weighted by molar-refractivity contribution is 6.32. The van der Waals surface area contributed by atoms with E-state index in [1.165, 1.54) is 24.3 Å². The van der Waals surface area contributed by atoms with Crippen LogP contribution in [0.3, 0.4) is 0 Å². The average Bonchev–Trinajstić information content (AvgIpc) is 2.40. The lowest BCUT2D eigenvalue weighted by atomic mass is 10.1. The van der Waals surface area contributed by atoms with Crippen molar-refractivity contribution in [1.82, 2.24) is 9.97 Å². The lowest BCUT2D eigenvalue weighted by molar-refractivity contribution is -0.274. The molecule has 0 aliphatic rings. The molecule has 2 rings (SSSR count). The Bertz CT molecular complexity index is 692. The summed E-state index contributed by atoms with van der Waals surface area (Å²) in [5, 5.41) is 8.53. The number of benzene rings is 1. The number of halogens is 4. The number of carboxylic acid groups (broad SMARTS) is 1. The van der Waals surface area contributed by atoms with Gasteiger partial charge in [-0.2, -0.15) is 0 Å². The van der Waals surface area contributed by atoms with Gasteiger partial charge in [0, 0.05) is 11.8 Å². The minimum atomic E-state index is -4.94. The van der Waals surface area contributed by atoms with Gasteiger partial charge in [-0.1, -0.05) is 17.7 Å². The third kappa shape index (κ3) is 3.60. The molecule has 0 bridgehead atoms. The highest BCUT2D eigenvalue weighted by atomic mass is 35.5. The second-order valence-corrected chi connectivity index (χ2v) is 4.14. The summed E-state index contributed by atoms with van der Waals surface area (Å²) >= 11 is 5.70. The largest absolute Gasteiger partial charge is 0.573 e. The third-order valence-electron chi connectivity index (χ3n) is 2.31. The van der Waals surface area contributed by atoms with Crippen LogP contribution in [0.4, 0.5) is 13.2 Å². The van der Waals surface area contributed by atoms with Crippen LogP contribution in [-0.2, 0) is 0 Å². The van der Waals surface area contributed by atoms with Gasteiger partial charge in [-0.25, -0.2) is 14.8 Å². The molecular formula is C12H6ClF3N2O3. The molecule has 0 aliphatic heterocycles. The topological polar surface area (TPSA) is 72.3 Å². The van der Waals surface area contributed by atoms with Crippen molar-refractivity contribution in [1.29, 1.82) is 0 Å². The number of ether oxygens (including phenoxy) is 1. The van der Waals surface area contributed by atoms with E-state index in [0.717, 1.165) is 6.20 Å². The van der Waals surface area contributed by atoms with Crippen molar-refractivity contribution in [2.45, 2.75) is 6.36 Å². The number of carbonyl (C=O) groups is 1. The molecule has 0 saturated carbocycles. The quantitative estimate of drug-likeness (QED) is 0.939. The summed E-state index contributed by atoms with van der Waals surface area (Å²) in [5.74, 6) is -2.61. The van der Waals surface area contributed by atoms with Gasteiger partial charge in [-0.05, 0) is 18.2 Å². The summed E-state index contributed by atoms with van der Waals surface area (Å²) in [7, 11) is 0. The van der Waals surface area contributed by atoms with E-state index in [1.807, 2.05) is 0 Å². The minimum absolute atomic E-state index is 0.0517. The lowest BCUT2D eigenvalue weighted by Crippen LogP contribution is -2.18. The molecule has 1 N–H and O–H groups in total. The number of carboxylic acids is 1. The van der Waals surface area contributed by atoms with E-state index in [4.69, 9.17) is 16.7 Å². The average molecular weight is 319 g/mol. The van der Waals surface area contributed by atoms with Crippen LogP contribution in [0.2, 0.25) is 5.02 Å². The zero-order valence-electron chi connectivity index (χ0n) is 10.1. The normalized spacial score (nSPS) is 11.2. The Morgan fingerprint density at radius 1 is 1.29 bits per heavy atom. The third-order valence-corrected chi connectivity index (χ3v) is 2.61. The van der Waals surface area contributed by atoms with Crippen molar-refractivity contribution < 1.29 is 27.8 Å². The van der Waals surface area contributed by atoms with Crippen LogP contribution in [0.25, 0.3) is 11.3 Å². The fraction of sp³-hybridized carbons (Fsp3) is 0.0833. The molecule has 21 heavy (non-hydrogen) atoms. The Kier molecular flexibility index (Phi) is 3.99. The van der Waals surface area contributed by atoms with Crippen molar-refractivity contribution in [3.8, 4) is 17.0 Å². The Labute approximate surface area is 121 Å². The number of hydrogen-bond donors (Lipinski definition) is 1. The molecule has 110 valence electrons. The Morgan fingerprint density at radius 3 is 2.62 bits per heavy atom. The lowest BCUT2D eigenvalue weighted by Gasteiger charge is -2.14. The first-order valence-corrected chi connectivity index (χ1v) is 5.76. The smallest absolute Gasteiger partial charge is 0.475 e.